The Morgan fingerprint density at radius 1 is 1.39 bits per heavy atom. The first-order valence-electron chi connectivity index (χ1n) is 7.14. The van der Waals surface area contributed by atoms with Gasteiger partial charge in [0.05, 0.1) is 25.0 Å². The molecule has 0 saturated carbocycles. The van der Waals surface area contributed by atoms with E-state index in [1.807, 2.05) is 6.07 Å². The molecule has 0 bridgehead atoms. The standard InChI is InChI=1S/C14H15N7O2/c15-9-11-1-3-16-18-14(11)17-12-2-4-21(19-12)10-13(22)20-5-7-23-8-6-20/h1-4H,5-8,10H2,(H,17,18,19). The van der Waals surface area contributed by atoms with Gasteiger partial charge in [0.2, 0.25) is 5.91 Å². The molecule has 0 aromatic carbocycles. The number of carbonyl (C=O) groups is 1. The van der Waals surface area contributed by atoms with E-state index < -0.39 is 0 Å². The van der Waals surface area contributed by atoms with Crippen LogP contribution in [0.4, 0.5) is 11.6 Å². The predicted octanol–water partition coefficient (Wildman–Crippen LogP) is 0.147. The van der Waals surface area contributed by atoms with Gasteiger partial charge in [0.25, 0.3) is 0 Å². The molecule has 0 unspecified atom stereocenters. The van der Waals surface area contributed by atoms with Crippen molar-refractivity contribution in [1.29, 1.82) is 5.26 Å². The van der Waals surface area contributed by atoms with Crippen molar-refractivity contribution in [3.63, 3.8) is 0 Å². The van der Waals surface area contributed by atoms with Crippen molar-refractivity contribution in [2.45, 2.75) is 6.54 Å². The van der Waals surface area contributed by atoms with Crippen LogP contribution in [0.25, 0.3) is 0 Å². The molecule has 3 rings (SSSR count). The zero-order valence-electron chi connectivity index (χ0n) is 12.3. The number of nitrogens with one attached hydrogen (secondary N) is 1. The number of nitrogens with zero attached hydrogens (tertiary/aromatic N) is 6. The van der Waals surface area contributed by atoms with Gasteiger partial charge >= 0.3 is 0 Å². The van der Waals surface area contributed by atoms with Crippen molar-refractivity contribution in [2.24, 2.45) is 0 Å². The van der Waals surface area contributed by atoms with Crippen LogP contribution in [0.1, 0.15) is 5.56 Å². The average Bonchev–Trinajstić information content (AvgIpc) is 3.03. The van der Waals surface area contributed by atoms with Crippen LogP contribution in [0.2, 0.25) is 0 Å². The molecule has 1 N–H and O–H groups in total. The highest BCUT2D eigenvalue weighted by molar-refractivity contribution is 5.76. The number of carbonyl (C=O) groups excluding carboxylic acids is 1. The van der Waals surface area contributed by atoms with Crippen LogP contribution in [0, 0.1) is 11.3 Å². The molecule has 1 aliphatic rings. The first-order valence-corrected chi connectivity index (χ1v) is 7.14. The lowest BCUT2D eigenvalue weighted by Gasteiger charge is -2.26. The van der Waals surface area contributed by atoms with E-state index in [1.165, 1.54) is 6.20 Å². The van der Waals surface area contributed by atoms with Gasteiger partial charge in [0.1, 0.15) is 12.6 Å². The fraction of sp³-hybridized carbons (Fsp3) is 0.357. The summed E-state index contributed by atoms with van der Waals surface area (Å²) in [5.41, 5.74) is 0.374. The second-order valence-corrected chi connectivity index (χ2v) is 4.92. The third-order valence-corrected chi connectivity index (χ3v) is 3.39. The van der Waals surface area contributed by atoms with Crippen molar-refractivity contribution in [1.82, 2.24) is 24.9 Å². The maximum Gasteiger partial charge on any atom is 0.244 e. The maximum absolute atomic E-state index is 12.2. The third-order valence-electron chi connectivity index (χ3n) is 3.39. The monoisotopic (exact) mass is 313 g/mol. The van der Waals surface area contributed by atoms with Crippen molar-refractivity contribution in [2.75, 3.05) is 31.6 Å². The largest absolute Gasteiger partial charge is 0.378 e. The van der Waals surface area contributed by atoms with Crippen molar-refractivity contribution in [3.05, 3.63) is 30.1 Å². The lowest BCUT2D eigenvalue weighted by molar-refractivity contribution is -0.136. The van der Waals surface area contributed by atoms with Crippen LogP contribution >= 0.6 is 0 Å². The zero-order chi connectivity index (χ0) is 16.1. The van der Waals surface area contributed by atoms with E-state index in [4.69, 9.17) is 10.00 Å². The van der Waals surface area contributed by atoms with Gasteiger partial charge in [0, 0.05) is 25.4 Å². The van der Waals surface area contributed by atoms with Gasteiger partial charge in [-0.15, -0.1) is 5.10 Å². The number of amides is 1. The maximum atomic E-state index is 12.2. The molecular weight excluding hydrogens is 298 g/mol. The fourth-order valence-corrected chi connectivity index (χ4v) is 2.20. The first-order chi connectivity index (χ1) is 11.3. The molecular formula is C14H15N7O2. The lowest BCUT2D eigenvalue weighted by atomic mass is 10.3. The summed E-state index contributed by atoms with van der Waals surface area (Å²) >= 11 is 0. The second kappa shape index (κ2) is 6.85. The number of ether oxygens (including phenoxy) is 1. The molecule has 118 valence electrons. The molecule has 1 saturated heterocycles. The molecule has 3 heterocycles. The molecule has 0 radical (unpaired) electrons. The summed E-state index contributed by atoms with van der Waals surface area (Å²) in [5.74, 6) is 0.830. The molecule has 1 amide bonds. The summed E-state index contributed by atoms with van der Waals surface area (Å²) < 4.78 is 6.77. The van der Waals surface area contributed by atoms with Crippen molar-refractivity contribution < 1.29 is 9.53 Å². The minimum atomic E-state index is 0.000154. The number of rotatable bonds is 4. The third kappa shape index (κ3) is 3.61. The molecule has 0 atom stereocenters. The highest BCUT2D eigenvalue weighted by Gasteiger charge is 2.17. The summed E-state index contributed by atoms with van der Waals surface area (Å²) in [6.45, 7) is 2.52. The minimum Gasteiger partial charge on any atom is -0.378 e. The van der Waals surface area contributed by atoms with Crippen LogP contribution in [-0.2, 0) is 16.1 Å². The van der Waals surface area contributed by atoms with Crippen molar-refractivity contribution >= 4 is 17.5 Å². The number of aromatic nitrogens is 4. The topological polar surface area (TPSA) is 109 Å². The Kier molecular flexibility index (Phi) is 4.44. The normalized spacial score (nSPS) is 14.3. The van der Waals surface area contributed by atoms with E-state index in [0.29, 0.717) is 43.5 Å². The Hall–Kier alpha value is -2.99. The second-order valence-electron chi connectivity index (χ2n) is 4.92. The van der Waals surface area contributed by atoms with Crippen LogP contribution in [0.15, 0.2) is 24.5 Å². The first kappa shape index (κ1) is 14.9. The van der Waals surface area contributed by atoms with Gasteiger partial charge in [-0.1, -0.05) is 0 Å². The van der Waals surface area contributed by atoms with E-state index in [9.17, 15) is 4.79 Å². The molecule has 2 aromatic rings. The van der Waals surface area contributed by atoms with Crippen LogP contribution in [0.3, 0.4) is 0 Å². The Balaban J connectivity index is 1.64. The van der Waals surface area contributed by atoms with E-state index in [0.717, 1.165) is 0 Å². The Morgan fingerprint density at radius 2 is 2.22 bits per heavy atom. The average molecular weight is 313 g/mol. The number of hydrogen-bond donors (Lipinski definition) is 1. The van der Waals surface area contributed by atoms with Crippen LogP contribution < -0.4 is 5.32 Å². The van der Waals surface area contributed by atoms with E-state index >= 15 is 0 Å². The van der Waals surface area contributed by atoms with Gasteiger partial charge < -0.3 is 15.0 Å². The molecule has 0 spiro atoms. The van der Waals surface area contributed by atoms with Gasteiger partial charge in [-0.2, -0.15) is 15.5 Å². The fourth-order valence-electron chi connectivity index (χ4n) is 2.20. The molecule has 1 aliphatic heterocycles. The predicted molar refractivity (Wildman–Crippen MR) is 79.7 cm³/mol. The Bertz CT molecular complexity index is 731. The van der Waals surface area contributed by atoms with Crippen LogP contribution in [-0.4, -0.2) is 57.1 Å². The highest BCUT2D eigenvalue weighted by atomic mass is 16.5. The lowest BCUT2D eigenvalue weighted by Crippen LogP contribution is -2.42. The Labute approximate surface area is 132 Å². The Morgan fingerprint density at radius 3 is 3.00 bits per heavy atom. The number of nitriles is 1. The van der Waals surface area contributed by atoms with E-state index in [1.54, 1.807) is 27.9 Å². The van der Waals surface area contributed by atoms with Crippen LogP contribution in [0.5, 0.6) is 0 Å². The molecule has 2 aromatic heterocycles. The van der Waals surface area contributed by atoms with Gasteiger partial charge in [-0.05, 0) is 6.07 Å². The summed E-state index contributed by atoms with van der Waals surface area (Å²) in [6.07, 6.45) is 3.15. The molecule has 0 aliphatic carbocycles. The summed E-state index contributed by atoms with van der Waals surface area (Å²) in [6, 6.07) is 5.30. The van der Waals surface area contributed by atoms with Gasteiger partial charge in [-0.3, -0.25) is 9.48 Å². The number of hydrogen-bond acceptors (Lipinski definition) is 7. The summed E-state index contributed by atoms with van der Waals surface area (Å²) in [5, 5.41) is 23.8. The summed E-state index contributed by atoms with van der Waals surface area (Å²) in [7, 11) is 0. The SMILES string of the molecule is N#Cc1ccnnc1Nc1ccn(CC(=O)N2CCOCC2)n1. The minimum absolute atomic E-state index is 0.000154. The zero-order valence-corrected chi connectivity index (χ0v) is 12.3. The molecule has 9 heteroatoms. The van der Waals surface area contributed by atoms with Gasteiger partial charge in [-0.25, -0.2) is 0 Å². The summed E-state index contributed by atoms with van der Waals surface area (Å²) in [4.78, 5) is 13.9. The van der Waals surface area contributed by atoms with Gasteiger partial charge in [0.15, 0.2) is 11.6 Å². The smallest absolute Gasteiger partial charge is 0.244 e. The van der Waals surface area contributed by atoms with E-state index in [2.05, 4.69) is 20.6 Å². The molecule has 1 fully saturated rings. The highest BCUT2D eigenvalue weighted by Crippen LogP contribution is 2.15. The number of anilines is 2. The molecule has 9 nitrogen and oxygen atoms in total. The van der Waals surface area contributed by atoms with E-state index in [-0.39, 0.29) is 12.5 Å². The van der Waals surface area contributed by atoms with Crippen molar-refractivity contribution in [3.8, 4) is 6.07 Å². The molecule has 23 heavy (non-hydrogen) atoms. The quantitative estimate of drug-likeness (QED) is 0.855. The number of morpholine rings is 1.